The highest BCUT2D eigenvalue weighted by molar-refractivity contribution is 5.92. The van der Waals surface area contributed by atoms with Crippen LogP contribution in [0.4, 0.5) is 10.1 Å². The number of halogens is 1. The lowest BCUT2D eigenvalue weighted by atomic mass is 9.94. The van der Waals surface area contributed by atoms with Crippen LogP contribution in [0.3, 0.4) is 0 Å². The summed E-state index contributed by atoms with van der Waals surface area (Å²) < 4.78 is 12.9. The predicted molar refractivity (Wildman–Crippen MR) is 96.8 cm³/mol. The topological polar surface area (TPSA) is 52.7 Å². The summed E-state index contributed by atoms with van der Waals surface area (Å²) in [6, 6.07) is 5.56. The Hall–Kier alpha value is -1.95. The molecule has 0 aromatic heterocycles. The zero-order chi connectivity index (χ0) is 18.4. The first-order valence-corrected chi connectivity index (χ1v) is 8.91. The van der Waals surface area contributed by atoms with E-state index in [1.807, 2.05) is 18.9 Å². The largest absolute Gasteiger partial charge is 0.341 e. The second-order valence-electron chi connectivity index (χ2n) is 6.89. The van der Waals surface area contributed by atoms with Crippen LogP contribution in [0, 0.1) is 5.82 Å². The molecular weight excluding hydrogens is 321 g/mol. The molecule has 6 heteroatoms. The molecule has 2 rings (SSSR count). The Morgan fingerprint density at radius 3 is 2.36 bits per heavy atom. The second-order valence-corrected chi connectivity index (χ2v) is 6.89. The van der Waals surface area contributed by atoms with Crippen molar-refractivity contribution in [3.63, 3.8) is 0 Å². The van der Waals surface area contributed by atoms with Crippen LogP contribution in [-0.4, -0.2) is 54.3 Å². The quantitative estimate of drug-likeness (QED) is 0.859. The SMILES string of the molecule is C[C@H](C(=O)N(C)C1CCCCC1)N(C)CC(=O)Nc1ccc(F)cc1. The molecule has 0 heterocycles. The summed E-state index contributed by atoms with van der Waals surface area (Å²) >= 11 is 0. The molecule has 0 saturated heterocycles. The van der Waals surface area contributed by atoms with Crippen molar-refractivity contribution in [3.05, 3.63) is 30.1 Å². The zero-order valence-electron chi connectivity index (χ0n) is 15.3. The van der Waals surface area contributed by atoms with Crippen LogP contribution in [0.1, 0.15) is 39.0 Å². The summed E-state index contributed by atoms with van der Waals surface area (Å²) in [6.07, 6.45) is 5.71. The van der Waals surface area contributed by atoms with E-state index in [0.29, 0.717) is 11.7 Å². The smallest absolute Gasteiger partial charge is 0.239 e. The van der Waals surface area contributed by atoms with Crippen molar-refractivity contribution < 1.29 is 14.0 Å². The van der Waals surface area contributed by atoms with Crippen molar-refractivity contribution in [1.82, 2.24) is 9.80 Å². The van der Waals surface area contributed by atoms with Crippen LogP contribution >= 0.6 is 0 Å². The van der Waals surface area contributed by atoms with Crippen molar-refractivity contribution in [2.75, 3.05) is 26.0 Å². The summed E-state index contributed by atoms with van der Waals surface area (Å²) in [7, 11) is 3.63. The van der Waals surface area contributed by atoms with Gasteiger partial charge in [0.2, 0.25) is 11.8 Å². The Bertz CT molecular complexity index is 585. The van der Waals surface area contributed by atoms with Crippen LogP contribution < -0.4 is 5.32 Å². The van der Waals surface area contributed by atoms with E-state index in [0.717, 1.165) is 12.8 Å². The molecule has 0 spiro atoms. The van der Waals surface area contributed by atoms with E-state index < -0.39 is 0 Å². The minimum Gasteiger partial charge on any atom is -0.341 e. The monoisotopic (exact) mass is 349 g/mol. The lowest BCUT2D eigenvalue weighted by molar-refractivity contribution is -0.137. The van der Waals surface area contributed by atoms with Gasteiger partial charge in [-0.15, -0.1) is 0 Å². The Morgan fingerprint density at radius 1 is 1.16 bits per heavy atom. The molecule has 0 bridgehead atoms. The number of rotatable bonds is 6. The van der Waals surface area contributed by atoms with Crippen molar-refractivity contribution in [3.8, 4) is 0 Å². The minimum absolute atomic E-state index is 0.0454. The van der Waals surface area contributed by atoms with Crippen molar-refractivity contribution in [2.24, 2.45) is 0 Å². The first-order chi connectivity index (χ1) is 11.9. The molecule has 1 fully saturated rings. The number of hydrogen-bond acceptors (Lipinski definition) is 3. The van der Waals surface area contributed by atoms with Crippen molar-refractivity contribution >= 4 is 17.5 Å². The Kier molecular flexibility index (Phi) is 6.93. The Labute approximate surface area is 149 Å². The Balaban J connectivity index is 1.85. The van der Waals surface area contributed by atoms with E-state index in [4.69, 9.17) is 0 Å². The zero-order valence-corrected chi connectivity index (χ0v) is 15.3. The van der Waals surface area contributed by atoms with E-state index in [9.17, 15) is 14.0 Å². The summed E-state index contributed by atoms with van der Waals surface area (Å²) in [5.41, 5.74) is 0.540. The number of likely N-dealkylation sites (N-methyl/N-ethyl adjacent to an activating group) is 2. The van der Waals surface area contributed by atoms with Crippen LogP contribution in [0.15, 0.2) is 24.3 Å². The van der Waals surface area contributed by atoms with E-state index in [1.165, 1.54) is 43.5 Å². The highest BCUT2D eigenvalue weighted by Gasteiger charge is 2.28. The first-order valence-electron chi connectivity index (χ1n) is 8.91. The normalized spacial score (nSPS) is 16.5. The summed E-state index contributed by atoms with van der Waals surface area (Å²) in [6.45, 7) is 1.93. The highest BCUT2D eigenvalue weighted by atomic mass is 19.1. The molecule has 2 amide bonds. The van der Waals surface area contributed by atoms with E-state index in [2.05, 4.69) is 5.32 Å². The number of carbonyl (C=O) groups excluding carboxylic acids is 2. The molecule has 0 aliphatic heterocycles. The number of nitrogens with zero attached hydrogens (tertiary/aromatic N) is 2. The maximum Gasteiger partial charge on any atom is 0.239 e. The molecule has 1 atom stereocenters. The van der Waals surface area contributed by atoms with Gasteiger partial charge in [0, 0.05) is 18.8 Å². The van der Waals surface area contributed by atoms with Gasteiger partial charge >= 0.3 is 0 Å². The summed E-state index contributed by atoms with van der Waals surface area (Å²) in [5.74, 6) is -0.529. The highest BCUT2D eigenvalue weighted by Crippen LogP contribution is 2.22. The minimum atomic E-state index is -0.370. The van der Waals surface area contributed by atoms with Gasteiger partial charge in [0.15, 0.2) is 0 Å². The fraction of sp³-hybridized carbons (Fsp3) is 0.579. The molecule has 1 aliphatic rings. The average molecular weight is 349 g/mol. The molecule has 0 unspecified atom stereocenters. The number of amides is 2. The second kappa shape index (κ2) is 8.94. The third-order valence-corrected chi connectivity index (χ3v) is 5.01. The molecular formula is C19H28FN3O2. The van der Waals surface area contributed by atoms with Gasteiger partial charge in [0.05, 0.1) is 12.6 Å². The fourth-order valence-corrected chi connectivity index (χ4v) is 3.23. The van der Waals surface area contributed by atoms with Gasteiger partial charge in [-0.3, -0.25) is 14.5 Å². The lowest BCUT2D eigenvalue weighted by Gasteiger charge is -2.35. The molecule has 1 saturated carbocycles. The molecule has 1 aromatic rings. The van der Waals surface area contributed by atoms with E-state index in [-0.39, 0.29) is 30.2 Å². The maximum atomic E-state index is 12.9. The predicted octanol–water partition coefficient (Wildman–Crippen LogP) is 2.88. The van der Waals surface area contributed by atoms with Gasteiger partial charge in [-0.05, 0) is 51.1 Å². The number of hydrogen-bond donors (Lipinski definition) is 1. The molecule has 1 N–H and O–H groups in total. The van der Waals surface area contributed by atoms with Crippen molar-refractivity contribution in [1.29, 1.82) is 0 Å². The fourth-order valence-electron chi connectivity index (χ4n) is 3.23. The lowest BCUT2D eigenvalue weighted by Crippen LogP contribution is -2.49. The molecule has 25 heavy (non-hydrogen) atoms. The number of anilines is 1. The van der Waals surface area contributed by atoms with Gasteiger partial charge in [-0.2, -0.15) is 0 Å². The number of nitrogens with one attached hydrogen (secondary N) is 1. The van der Waals surface area contributed by atoms with Gasteiger partial charge < -0.3 is 10.2 Å². The summed E-state index contributed by atoms with van der Waals surface area (Å²) in [5, 5.41) is 2.71. The molecule has 5 nitrogen and oxygen atoms in total. The standard InChI is InChI=1S/C19H28FN3O2/c1-14(19(25)23(3)17-7-5-4-6-8-17)22(2)13-18(24)21-16-11-9-15(20)10-12-16/h9-12,14,17H,4-8,13H2,1-3H3,(H,21,24)/t14-/m1/s1. The van der Waals surface area contributed by atoms with Gasteiger partial charge in [-0.1, -0.05) is 19.3 Å². The molecule has 1 aromatic carbocycles. The first kappa shape index (κ1) is 19.4. The third-order valence-electron chi connectivity index (χ3n) is 5.01. The van der Waals surface area contributed by atoms with Gasteiger partial charge in [0.1, 0.15) is 5.82 Å². The number of carbonyl (C=O) groups is 2. The van der Waals surface area contributed by atoms with Crippen LogP contribution in [-0.2, 0) is 9.59 Å². The molecule has 138 valence electrons. The molecule has 0 radical (unpaired) electrons. The third kappa shape index (κ3) is 5.53. The summed E-state index contributed by atoms with van der Waals surface area (Å²) in [4.78, 5) is 28.4. The average Bonchev–Trinajstić information content (AvgIpc) is 2.62. The van der Waals surface area contributed by atoms with Crippen LogP contribution in [0.25, 0.3) is 0 Å². The van der Waals surface area contributed by atoms with Gasteiger partial charge in [0.25, 0.3) is 0 Å². The number of benzene rings is 1. The maximum absolute atomic E-state index is 12.9. The van der Waals surface area contributed by atoms with Crippen LogP contribution in [0.2, 0.25) is 0 Å². The molecule has 1 aliphatic carbocycles. The van der Waals surface area contributed by atoms with E-state index >= 15 is 0 Å². The van der Waals surface area contributed by atoms with Crippen molar-refractivity contribution in [2.45, 2.75) is 51.1 Å². The van der Waals surface area contributed by atoms with E-state index in [1.54, 1.807) is 11.9 Å². The van der Waals surface area contributed by atoms with Gasteiger partial charge in [-0.25, -0.2) is 4.39 Å². The Morgan fingerprint density at radius 2 is 1.76 bits per heavy atom. The van der Waals surface area contributed by atoms with Crippen LogP contribution in [0.5, 0.6) is 0 Å².